The zero-order valence-corrected chi connectivity index (χ0v) is 28.3. The molecule has 0 unspecified atom stereocenters. The second-order valence-corrected chi connectivity index (χ2v) is 11.6. The molecule has 0 aliphatic carbocycles. The summed E-state index contributed by atoms with van der Waals surface area (Å²) in [5.41, 5.74) is 20.8. The summed E-state index contributed by atoms with van der Waals surface area (Å²) >= 11 is 0. The Kier molecular flexibility index (Phi) is 12.4. The molecule has 14 heteroatoms. The van der Waals surface area contributed by atoms with Gasteiger partial charge in [0, 0.05) is 53.0 Å². The first-order valence-electron chi connectivity index (χ1n) is 16.2. The Morgan fingerprint density at radius 2 is 1.55 bits per heavy atom. The number of azide groups is 2. The molecule has 5 rings (SSSR count). The number of aliphatic hydroxyl groups excluding tert-OH is 1. The first-order chi connectivity index (χ1) is 25.0. The minimum atomic E-state index is -1.59. The number of aliphatic imine (C=N–C) groups is 1. The van der Waals surface area contributed by atoms with Crippen LogP contribution in [0, 0.1) is 0 Å². The lowest BCUT2D eigenvalue weighted by molar-refractivity contribution is -0.129. The van der Waals surface area contributed by atoms with E-state index in [1.54, 1.807) is 50.6 Å². The number of aliphatic hydroxyl groups is 1. The summed E-state index contributed by atoms with van der Waals surface area (Å²) in [6, 6.07) is 27.2. The Hall–Kier alpha value is -6.20. The van der Waals surface area contributed by atoms with Crippen molar-refractivity contribution < 1.29 is 28.8 Å². The SMILES string of the molecule is COc1ccc(CNC(=O)[C@]2(Cc3ccccc3CN=[N+]=[N-])N=C(c3ccc(OCCCO)cc3)O[C@@H]2c2ccccc2CN=[N+]=[N-])c(OC)c1. The number of hydrogen-bond acceptors (Lipinski definition) is 9. The summed E-state index contributed by atoms with van der Waals surface area (Å²) < 4.78 is 23.4. The Labute approximate surface area is 294 Å². The summed E-state index contributed by atoms with van der Waals surface area (Å²) in [5, 5.41) is 19.8. The van der Waals surface area contributed by atoms with Gasteiger partial charge in [0.05, 0.1) is 33.9 Å². The number of hydrogen-bond donors (Lipinski definition) is 2. The average Bonchev–Trinajstić information content (AvgIpc) is 3.56. The van der Waals surface area contributed by atoms with Crippen LogP contribution in [0.3, 0.4) is 0 Å². The van der Waals surface area contributed by atoms with Crippen LogP contribution in [0.5, 0.6) is 17.2 Å². The van der Waals surface area contributed by atoms with Crippen LogP contribution in [0.2, 0.25) is 0 Å². The second kappa shape index (κ2) is 17.5. The molecular formula is C37H38N8O6. The molecule has 0 bridgehead atoms. The fraction of sp³-hybridized carbons (Fsp3) is 0.297. The molecule has 0 spiro atoms. The van der Waals surface area contributed by atoms with E-state index in [4.69, 9.17) is 34.6 Å². The standard InChI is InChI=1S/C37H38N8O6/c1-48-31-17-14-29(33(20-31)49-2)22-40-36(47)37(21-26-8-3-4-9-27(26)23-41-44-38)34(32-11-6-5-10-28(32)24-42-45-39)51-35(43-37)25-12-15-30(16-13-25)50-19-7-18-46/h3-6,8-17,20,34,46H,7,18-19,21-24H2,1-2H3,(H,40,47)/t34-,37-/m1/s1. The van der Waals surface area contributed by atoms with Gasteiger partial charge in [-0.3, -0.25) is 4.79 Å². The number of methoxy groups -OCH3 is 2. The van der Waals surface area contributed by atoms with Gasteiger partial charge in [0.2, 0.25) is 5.90 Å². The van der Waals surface area contributed by atoms with Gasteiger partial charge >= 0.3 is 0 Å². The highest BCUT2D eigenvalue weighted by Crippen LogP contribution is 2.44. The second-order valence-electron chi connectivity index (χ2n) is 11.6. The lowest BCUT2D eigenvalue weighted by Gasteiger charge is -2.32. The topological polar surface area (TPSA) is 196 Å². The molecule has 2 atom stereocenters. The molecule has 0 aromatic heterocycles. The number of benzene rings is 4. The van der Waals surface area contributed by atoms with Crippen molar-refractivity contribution >= 4 is 11.8 Å². The molecule has 2 N–H and O–H groups in total. The molecule has 0 saturated carbocycles. The van der Waals surface area contributed by atoms with Crippen molar-refractivity contribution in [3.63, 3.8) is 0 Å². The Morgan fingerprint density at radius 1 is 0.882 bits per heavy atom. The minimum absolute atomic E-state index is 0.0205. The summed E-state index contributed by atoms with van der Waals surface area (Å²) in [7, 11) is 3.11. The molecule has 1 amide bonds. The van der Waals surface area contributed by atoms with Crippen LogP contribution < -0.4 is 19.5 Å². The van der Waals surface area contributed by atoms with E-state index in [2.05, 4.69) is 25.4 Å². The van der Waals surface area contributed by atoms with Crippen LogP contribution in [0.25, 0.3) is 20.9 Å². The molecule has 4 aromatic carbocycles. The summed E-state index contributed by atoms with van der Waals surface area (Å²) in [6.07, 6.45) is -0.402. The predicted octanol–water partition coefficient (Wildman–Crippen LogP) is 6.90. The zero-order chi connectivity index (χ0) is 36.1. The lowest BCUT2D eigenvalue weighted by atomic mass is 9.79. The number of carbonyl (C=O) groups is 1. The molecule has 51 heavy (non-hydrogen) atoms. The first-order valence-corrected chi connectivity index (χ1v) is 16.2. The van der Waals surface area contributed by atoms with Crippen LogP contribution >= 0.6 is 0 Å². The Morgan fingerprint density at radius 3 is 2.24 bits per heavy atom. The van der Waals surface area contributed by atoms with E-state index >= 15 is 0 Å². The fourth-order valence-electron chi connectivity index (χ4n) is 5.91. The monoisotopic (exact) mass is 690 g/mol. The number of rotatable bonds is 17. The van der Waals surface area contributed by atoms with Crippen LogP contribution in [0.4, 0.5) is 0 Å². The molecule has 0 saturated heterocycles. The van der Waals surface area contributed by atoms with E-state index in [1.807, 2.05) is 54.6 Å². The molecule has 0 fully saturated rings. The van der Waals surface area contributed by atoms with Crippen molar-refractivity contribution in [2.75, 3.05) is 27.4 Å². The van der Waals surface area contributed by atoms with Crippen molar-refractivity contribution in [3.8, 4) is 17.2 Å². The van der Waals surface area contributed by atoms with Gasteiger partial charge in [-0.2, -0.15) is 0 Å². The molecule has 262 valence electrons. The van der Waals surface area contributed by atoms with E-state index in [0.29, 0.717) is 52.5 Å². The highest BCUT2D eigenvalue weighted by molar-refractivity contribution is 6.01. The molecule has 0 radical (unpaired) electrons. The Bertz CT molecular complexity index is 1960. The van der Waals surface area contributed by atoms with E-state index in [1.165, 1.54) is 0 Å². The van der Waals surface area contributed by atoms with Crippen LogP contribution in [0.1, 0.15) is 45.9 Å². The molecule has 14 nitrogen and oxygen atoms in total. The third-order valence-electron chi connectivity index (χ3n) is 8.49. The summed E-state index contributed by atoms with van der Waals surface area (Å²) in [5.74, 6) is 1.54. The van der Waals surface area contributed by atoms with Gasteiger partial charge in [0.1, 0.15) is 17.2 Å². The lowest BCUT2D eigenvalue weighted by Crippen LogP contribution is -2.50. The smallest absolute Gasteiger partial charge is 0.252 e. The number of nitrogens with one attached hydrogen (secondary N) is 1. The molecule has 1 aliphatic rings. The van der Waals surface area contributed by atoms with Gasteiger partial charge < -0.3 is 29.4 Å². The van der Waals surface area contributed by atoms with E-state index in [0.717, 1.165) is 11.1 Å². The predicted molar refractivity (Wildman–Crippen MR) is 190 cm³/mol. The number of amides is 1. The third-order valence-corrected chi connectivity index (χ3v) is 8.49. The maximum absolute atomic E-state index is 14.9. The van der Waals surface area contributed by atoms with Crippen molar-refractivity contribution in [1.29, 1.82) is 0 Å². The average molecular weight is 691 g/mol. The molecule has 1 heterocycles. The van der Waals surface area contributed by atoms with Gasteiger partial charge in [-0.1, -0.05) is 58.8 Å². The van der Waals surface area contributed by atoms with Crippen molar-refractivity contribution in [1.82, 2.24) is 5.32 Å². The van der Waals surface area contributed by atoms with Gasteiger partial charge in [-0.25, -0.2) is 4.99 Å². The highest BCUT2D eigenvalue weighted by Gasteiger charge is 2.54. The number of ether oxygens (including phenoxy) is 4. The first kappa shape index (κ1) is 36.1. The van der Waals surface area contributed by atoms with Crippen LogP contribution in [-0.4, -0.2) is 49.9 Å². The molecule has 1 aliphatic heterocycles. The highest BCUT2D eigenvalue weighted by atomic mass is 16.5. The minimum Gasteiger partial charge on any atom is -0.497 e. The largest absolute Gasteiger partial charge is 0.497 e. The van der Waals surface area contributed by atoms with Crippen molar-refractivity contribution in [3.05, 3.63) is 145 Å². The molecular weight excluding hydrogens is 652 g/mol. The van der Waals surface area contributed by atoms with Gasteiger partial charge in [-0.05, 0) is 69.7 Å². The van der Waals surface area contributed by atoms with Crippen LogP contribution in [0.15, 0.2) is 106 Å². The van der Waals surface area contributed by atoms with E-state index in [9.17, 15) is 10.3 Å². The van der Waals surface area contributed by atoms with Crippen molar-refractivity contribution in [2.45, 2.75) is 44.1 Å². The fourth-order valence-corrected chi connectivity index (χ4v) is 5.91. The van der Waals surface area contributed by atoms with Gasteiger partial charge in [0.15, 0.2) is 11.6 Å². The maximum atomic E-state index is 14.9. The summed E-state index contributed by atoms with van der Waals surface area (Å²) in [4.78, 5) is 25.9. The van der Waals surface area contributed by atoms with Gasteiger partial charge in [0.25, 0.3) is 5.91 Å². The quantitative estimate of drug-likeness (QED) is 0.0523. The third kappa shape index (κ3) is 8.52. The van der Waals surface area contributed by atoms with Crippen molar-refractivity contribution in [2.24, 2.45) is 15.2 Å². The Balaban J connectivity index is 1.65. The number of carbonyl (C=O) groups excluding carboxylic acids is 1. The van der Waals surface area contributed by atoms with Gasteiger partial charge in [-0.15, -0.1) is 0 Å². The molecule has 4 aromatic rings. The maximum Gasteiger partial charge on any atom is 0.252 e. The van der Waals surface area contributed by atoms with E-state index in [-0.39, 0.29) is 38.6 Å². The zero-order valence-electron chi connectivity index (χ0n) is 28.3. The summed E-state index contributed by atoms with van der Waals surface area (Å²) in [6.45, 7) is 0.574. The van der Waals surface area contributed by atoms with Crippen LogP contribution in [-0.2, 0) is 35.6 Å². The normalized spacial score (nSPS) is 16.1. The number of nitrogens with zero attached hydrogens (tertiary/aromatic N) is 7. The van der Waals surface area contributed by atoms with E-state index < -0.39 is 17.6 Å².